The van der Waals surface area contributed by atoms with Gasteiger partial charge in [0.05, 0.1) is 36.7 Å². The lowest BCUT2D eigenvalue weighted by Gasteiger charge is -2.22. The van der Waals surface area contributed by atoms with E-state index in [9.17, 15) is 9.59 Å². The Bertz CT molecular complexity index is 1170. The number of methoxy groups -OCH3 is 2. The molecule has 0 atom stereocenters. The van der Waals surface area contributed by atoms with Crippen LogP contribution in [0.25, 0.3) is 0 Å². The van der Waals surface area contributed by atoms with E-state index in [-0.39, 0.29) is 10.8 Å². The van der Waals surface area contributed by atoms with Gasteiger partial charge in [-0.25, -0.2) is 9.59 Å². The first-order chi connectivity index (χ1) is 16.8. The van der Waals surface area contributed by atoms with Gasteiger partial charge in [-0.05, 0) is 58.4 Å². The van der Waals surface area contributed by atoms with Crippen molar-refractivity contribution in [2.24, 2.45) is 0 Å². The molecule has 3 rings (SSSR count). The van der Waals surface area contributed by atoms with Gasteiger partial charge >= 0.3 is 11.9 Å². The first-order valence-electron chi connectivity index (χ1n) is 11.9. The van der Waals surface area contributed by atoms with E-state index in [0.717, 1.165) is 22.5 Å². The Morgan fingerprint density at radius 2 is 0.972 bits per heavy atom. The van der Waals surface area contributed by atoms with Crippen LogP contribution < -0.4 is 10.6 Å². The van der Waals surface area contributed by atoms with E-state index in [2.05, 4.69) is 64.3 Å². The topological polar surface area (TPSA) is 76.7 Å². The smallest absolute Gasteiger partial charge is 0.340 e. The molecule has 0 saturated heterocycles. The summed E-state index contributed by atoms with van der Waals surface area (Å²) in [6.45, 7) is 12.8. The number of ether oxygens (including phenoxy) is 2. The molecule has 0 fully saturated rings. The molecule has 0 amide bonds. The van der Waals surface area contributed by atoms with E-state index >= 15 is 0 Å². The summed E-state index contributed by atoms with van der Waals surface area (Å²) in [5.74, 6) is -1.04. The van der Waals surface area contributed by atoms with Gasteiger partial charge < -0.3 is 20.1 Å². The maximum Gasteiger partial charge on any atom is 0.340 e. The predicted octanol–water partition coefficient (Wildman–Crippen LogP) is 7.34. The average molecular weight is 489 g/mol. The summed E-state index contributed by atoms with van der Waals surface area (Å²) in [7, 11) is 2.67. The minimum atomic E-state index is -0.521. The monoisotopic (exact) mass is 488 g/mol. The van der Waals surface area contributed by atoms with Gasteiger partial charge in [-0.15, -0.1) is 0 Å². The first kappa shape index (κ1) is 26.8. The Morgan fingerprint density at radius 1 is 0.611 bits per heavy atom. The first-order valence-corrected chi connectivity index (χ1v) is 11.9. The van der Waals surface area contributed by atoms with Crippen LogP contribution in [0.4, 0.5) is 22.7 Å². The van der Waals surface area contributed by atoms with Crippen LogP contribution in [0.5, 0.6) is 0 Å². The molecule has 0 spiro atoms. The fraction of sp³-hybridized carbons (Fsp3) is 0.333. The Morgan fingerprint density at radius 3 is 1.28 bits per heavy atom. The van der Waals surface area contributed by atoms with Gasteiger partial charge in [0.25, 0.3) is 0 Å². The normalized spacial score (nSPS) is 11.6. The van der Waals surface area contributed by atoms with Crippen molar-refractivity contribution in [1.82, 2.24) is 0 Å². The third-order valence-corrected chi connectivity index (χ3v) is 5.98. The van der Waals surface area contributed by atoms with Crippen molar-refractivity contribution in [3.63, 3.8) is 0 Å². The largest absolute Gasteiger partial charge is 0.465 e. The van der Waals surface area contributed by atoms with Crippen molar-refractivity contribution >= 4 is 34.7 Å². The fourth-order valence-electron chi connectivity index (χ4n) is 3.80. The van der Waals surface area contributed by atoms with Crippen molar-refractivity contribution in [2.75, 3.05) is 24.9 Å². The number of hydrogen-bond acceptors (Lipinski definition) is 6. The van der Waals surface area contributed by atoms with Crippen molar-refractivity contribution in [1.29, 1.82) is 0 Å². The van der Waals surface area contributed by atoms with Crippen LogP contribution in [0.15, 0.2) is 60.7 Å². The highest BCUT2D eigenvalue weighted by Crippen LogP contribution is 2.33. The van der Waals surface area contributed by atoms with Crippen LogP contribution in [-0.4, -0.2) is 26.2 Å². The standard InChI is InChI=1S/C30H36N2O4/c1-29(2,3)19-11-9-13-21(15-19)31-25-17-24(28(34)36-8)26(18-23(25)27(33)35-7)32-22-14-10-12-20(16-22)30(4,5)6/h9-18,31-32H,1-8H3. The number of rotatable bonds is 6. The van der Waals surface area contributed by atoms with Gasteiger partial charge in [0.15, 0.2) is 0 Å². The van der Waals surface area contributed by atoms with E-state index in [4.69, 9.17) is 9.47 Å². The van der Waals surface area contributed by atoms with E-state index in [1.807, 2.05) is 36.4 Å². The molecular weight excluding hydrogens is 452 g/mol. The van der Waals surface area contributed by atoms with Crippen molar-refractivity contribution in [2.45, 2.75) is 52.4 Å². The zero-order valence-electron chi connectivity index (χ0n) is 22.4. The average Bonchev–Trinajstić information content (AvgIpc) is 2.83. The van der Waals surface area contributed by atoms with Gasteiger partial charge in [-0.3, -0.25) is 0 Å². The molecule has 2 N–H and O–H groups in total. The Hall–Kier alpha value is -3.80. The molecule has 0 aliphatic heterocycles. The lowest BCUT2D eigenvalue weighted by atomic mass is 9.87. The second-order valence-corrected chi connectivity index (χ2v) is 10.8. The molecule has 0 bridgehead atoms. The summed E-state index contributed by atoms with van der Waals surface area (Å²) in [6, 6.07) is 19.2. The fourth-order valence-corrected chi connectivity index (χ4v) is 3.80. The third kappa shape index (κ3) is 6.25. The second-order valence-electron chi connectivity index (χ2n) is 10.8. The van der Waals surface area contributed by atoms with Crippen LogP contribution in [0, 0.1) is 0 Å². The van der Waals surface area contributed by atoms with Gasteiger partial charge in [-0.2, -0.15) is 0 Å². The predicted molar refractivity (Wildman–Crippen MR) is 146 cm³/mol. The molecule has 0 radical (unpaired) electrons. The van der Waals surface area contributed by atoms with Crippen LogP contribution in [-0.2, 0) is 20.3 Å². The molecule has 0 heterocycles. The highest BCUT2D eigenvalue weighted by atomic mass is 16.5. The van der Waals surface area contributed by atoms with Crippen LogP contribution in [0.2, 0.25) is 0 Å². The van der Waals surface area contributed by atoms with E-state index < -0.39 is 11.9 Å². The van der Waals surface area contributed by atoms with Gasteiger partial charge in [0.1, 0.15) is 0 Å². The van der Waals surface area contributed by atoms with Crippen molar-refractivity contribution in [3.05, 3.63) is 82.9 Å². The van der Waals surface area contributed by atoms with Crippen LogP contribution >= 0.6 is 0 Å². The van der Waals surface area contributed by atoms with Gasteiger partial charge in [-0.1, -0.05) is 65.8 Å². The Balaban J connectivity index is 2.11. The van der Waals surface area contributed by atoms with Crippen LogP contribution in [0.3, 0.4) is 0 Å². The molecular formula is C30H36N2O4. The number of nitrogens with one attached hydrogen (secondary N) is 2. The summed E-state index contributed by atoms with van der Waals surface area (Å²) in [5, 5.41) is 6.61. The number of benzene rings is 3. The zero-order chi connectivity index (χ0) is 26.7. The summed E-state index contributed by atoms with van der Waals surface area (Å²) in [6.07, 6.45) is 0. The maximum absolute atomic E-state index is 12.8. The number of anilines is 4. The SMILES string of the molecule is COC(=O)c1cc(Nc2cccc(C(C)(C)C)c2)c(C(=O)OC)cc1Nc1cccc(C(C)(C)C)c1. The summed E-state index contributed by atoms with van der Waals surface area (Å²) < 4.78 is 10.1. The third-order valence-electron chi connectivity index (χ3n) is 5.98. The molecule has 6 heteroatoms. The molecule has 36 heavy (non-hydrogen) atoms. The lowest BCUT2D eigenvalue weighted by molar-refractivity contribution is 0.0588. The Kier molecular flexibility index (Phi) is 7.77. The molecule has 3 aromatic rings. The van der Waals surface area contributed by atoms with E-state index in [1.54, 1.807) is 12.1 Å². The molecule has 3 aromatic carbocycles. The molecule has 0 saturated carbocycles. The van der Waals surface area contributed by atoms with Crippen molar-refractivity contribution < 1.29 is 19.1 Å². The second kappa shape index (κ2) is 10.4. The van der Waals surface area contributed by atoms with Gasteiger partial charge in [0, 0.05) is 11.4 Å². The number of carbonyl (C=O) groups is 2. The van der Waals surface area contributed by atoms with E-state index in [1.165, 1.54) is 14.2 Å². The molecule has 0 unspecified atom stereocenters. The Labute approximate surface area is 214 Å². The minimum absolute atomic E-state index is 0.0462. The van der Waals surface area contributed by atoms with Crippen LogP contribution in [0.1, 0.15) is 73.4 Å². The highest BCUT2D eigenvalue weighted by Gasteiger charge is 2.22. The molecule has 0 aliphatic rings. The molecule has 0 aromatic heterocycles. The van der Waals surface area contributed by atoms with Gasteiger partial charge in [0.2, 0.25) is 0 Å². The minimum Gasteiger partial charge on any atom is -0.465 e. The quantitative estimate of drug-likeness (QED) is 0.354. The lowest BCUT2D eigenvalue weighted by Crippen LogP contribution is -2.13. The number of carbonyl (C=O) groups excluding carboxylic acids is 2. The highest BCUT2D eigenvalue weighted by molar-refractivity contribution is 6.04. The molecule has 0 aliphatic carbocycles. The molecule has 6 nitrogen and oxygen atoms in total. The molecule has 190 valence electrons. The number of hydrogen-bond donors (Lipinski definition) is 2. The summed E-state index contributed by atoms with van der Waals surface area (Å²) in [5.41, 5.74) is 5.25. The van der Waals surface area contributed by atoms with Crippen molar-refractivity contribution in [3.8, 4) is 0 Å². The zero-order valence-corrected chi connectivity index (χ0v) is 22.4. The number of esters is 2. The van der Waals surface area contributed by atoms with E-state index in [0.29, 0.717) is 22.5 Å². The summed E-state index contributed by atoms with van der Waals surface area (Å²) in [4.78, 5) is 25.6. The summed E-state index contributed by atoms with van der Waals surface area (Å²) >= 11 is 0. The maximum atomic E-state index is 12.8.